The summed E-state index contributed by atoms with van der Waals surface area (Å²) >= 11 is 1.79. The molecule has 1 aromatic rings. The van der Waals surface area contributed by atoms with Crippen LogP contribution in [0.2, 0.25) is 0 Å². The van der Waals surface area contributed by atoms with Gasteiger partial charge in [0.15, 0.2) is 5.96 Å². The Morgan fingerprint density at radius 3 is 2.71 bits per heavy atom. The van der Waals surface area contributed by atoms with Crippen molar-refractivity contribution in [2.75, 3.05) is 26.7 Å². The van der Waals surface area contributed by atoms with E-state index < -0.39 is 0 Å². The minimum absolute atomic E-state index is 0. The molecule has 0 saturated heterocycles. The first-order valence-electron chi connectivity index (χ1n) is 5.59. The summed E-state index contributed by atoms with van der Waals surface area (Å²) in [6, 6.07) is 0. The van der Waals surface area contributed by atoms with Gasteiger partial charge < -0.3 is 10.2 Å². The highest BCUT2D eigenvalue weighted by molar-refractivity contribution is 14.0. The van der Waals surface area contributed by atoms with Crippen LogP contribution in [0.1, 0.15) is 15.6 Å². The summed E-state index contributed by atoms with van der Waals surface area (Å²) in [7, 11) is 2.07. The van der Waals surface area contributed by atoms with Crippen LogP contribution in [-0.4, -0.2) is 42.5 Å². The molecule has 0 aromatic carbocycles. The van der Waals surface area contributed by atoms with Crippen molar-refractivity contribution in [2.24, 2.45) is 4.99 Å². The average molecular weight is 366 g/mol. The van der Waals surface area contributed by atoms with E-state index in [0.29, 0.717) is 0 Å². The molecule has 2 rings (SSSR count). The molecule has 6 heteroatoms. The van der Waals surface area contributed by atoms with Gasteiger partial charge in [-0.05, 0) is 13.8 Å². The molecule has 1 aromatic heterocycles. The Balaban J connectivity index is 0.00000144. The van der Waals surface area contributed by atoms with E-state index in [9.17, 15) is 0 Å². The molecule has 0 radical (unpaired) electrons. The maximum absolute atomic E-state index is 4.52. The molecule has 0 bridgehead atoms. The lowest BCUT2D eigenvalue weighted by molar-refractivity contribution is 0.534. The van der Waals surface area contributed by atoms with Gasteiger partial charge in [0.25, 0.3) is 0 Å². The molecule has 0 spiro atoms. The van der Waals surface area contributed by atoms with Crippen LogP contribution in [0.15, 0.2) is 4.99 Å². The van der Waals surface area contributed by atoms with Crippen molar-refractivity contribution in [1.82, 2.24) is 15.2 Å². The third-order valence-corrected chi connectivity index (χ3v) is 3.89. The number of guanidine groups is 1. The lowest BCUT2D eigenvalue weighted by Gasteiger charge is -2.14. The Morgan fingerprint density at radius 2 is 2.18 bits per heavy atom. The Bertz CT molecular complexity index is 383. The van der Waals surface area contributed by atoms with Crippen LogP contribution < -0.4 is 5.32 Å². The lowest BCUT2D eigenvalue weighted by Crippen LogP contribution is -2.36. The molecule has 1 N–H and O–H groups in total. The summed E-state index contributed by atoms with van der Waals surface area (Å²) < 4.78 is 0. The van der Waals surface area contributed by atoms with Crippen LogP contribution in [0, 0.1) is 13.8 Å². The Labute approximate surface area is 124 Å². The van der Waals surface area contributed by atoms with Crippen LogP contribution in [0.25, 0.3) is 0 Å². The number of hydrogen-bond acceptors (Lipinski definition) is 5. The second-order valence-electron chi connectivity index (χ2n) is 4.05. The molecule has 2 heterocycles. The fraction of sp³-hybridized carbons (Fsp3) is 0.636. The standard InChI is InChI=1S/C11H18N4S.HI/c1-8-9(2)16-10(14-8)4-5-12-11-13-6-7-15(11)3;/h4-7H2,1-3H3,(H,12,13);1H. The van der Waals surface area contributed by atoms with Crippen LogP contribution in [0.4, 0.5) is 0 Å². The minimum atomic E-state index is 0. The van der Waals surface area contributed by atoms with Crippen molar-refractivity contribution in [2.45, 2.75) is 20.3 Å². The van der Waals surface area contributed by atoms with Crippen LogP contribution in [-0.2, 0) is 6.42 Å². The van der Waals surface area contributed by atoms with Gasteiger partial charge in [0, 0.05) is 31.4 Å². The number of thiazole rings is 1. The van der Waals surface area contributed by atoms with Crippen molar-refractivity contribution in [3.8, 4) is 0 Å². The van der Waals surface area contributed by atoms with Crippen LogP contribution >= 0.6 is 35.3 Å². The second-order valence-corrected chi connectivity index (χ2v) is 5.34. The number of likely N-dealkylation sites (N-methyl/N-ethyl adjacent to an activating group) is 1. The zero-order valence-electron chi connectivity index (χ0n) is 10.5. The summed E-state index contributed by atoms with van der Waals surface area (Å²) in [6.45, 7) is 7.04. The molecule has 0 atom stereocenters. The van der Waals surface area contributed by atoms with Crippen molar-refractivity contribution in [3.05, 3.63) is 15.6 Å². The number of hydrogen-bond donors (Lipinski definition) is 1. The minimum Gasteiger partial charge on any atom is -0.356 e. The third-order valence-electron chi connectivity index (χ3n) is 2.75. The van der Waals surface area contributed by atoms with Crippen molar-refractivity contribution in [1.29, 1.82) is 0 Å². The number of aliphatic imine (C=N–C) groups is 1. The normalized spacial score (nSPS) is 14.5. The summed E-state index contributed by atoms with van der Waals surface area (Å²) in [5.74, 6) is 1.02. The van der Waals surface area contributed by atoms with Gasteiger partial charge in [0.05, 0.1) is 17.2 Å². The molecule has 1 aliphatic heterocycles. The van der Waals surface area contributed by atoms with Crippen molar-refractivity contribution in [3.63, 3.8) is 0 Å². The highest BCUT2D eigenvalue weighted by atomic mass is 127. The Morgan fingerprint density at radius 1 is 1.41 bits per heavy atom. The molecule has 96 valence electrons. The largest absolute Gasteiger partial charge is 0.356 e. The Hall–Kier alpha value is -0.370. The summed E-state index contributed by atoms with van der Waals surface area (Å²) in [6.07, 6.45) is 0.978. The van der Waals surface area contributed by atoms with Gasteiger partial charge in [0.2, 0.25) is 0 Å². The molecule has 0 unspecified atom stereocenters. The second kappa shape index (κ2) is 6.53. The molecule has 0 aliphatic carbocycles. The van der Waals surface area contributed by atoms with E-state index in [0.717, 1.165) is 37.7 Å². The quantitative estimate of drug-likeness (QED) is 0.830. The third kappa shape index (κ3) is 3.80. The maximum atomic E-state index is 4.52. The number of aromatic nitrogens is 1. The van der Waals surface area contributed by atoms with E-state index in [1.807, 2.05) is 0 Å². The molecule has 17 heavy (non-hydrogen) atoms. The van der Waals surface area contributed by atoms with Gasteiger partial charge in [-0.2, -0.15) is 0 Å². The molecular formula is C11H19IN4S. The van der Waals surface area contributed by atoms with Gasteiger partial charge in [0.1, 0.15) is 0 Å². The predicted octanol–water partition coefficient (Wildman–Crippen LogP) is 1.81. The van der Waals surface area contributed by atoms with Crippen molar-refractivity contribution >= 4 is 41.3 Å². The van der Waals surface area contributed by atoms with Gasteiger partial charge in [-0.3, -0.25) is 4.99 Å². The highest BCUT2D eigenvalue weighted by Gasteiger charge is 2.11. The molecule has 0 saturated carbocycles. The van der Waals surface area contributed by atoms with E-state index in [1.165, 1.54) is 9.88 Å². The number of halogens is 1. The van der Waals surface area contributed by atoms with E-state index >= 15 is 0 Å². The van der Waals surface area contributed by atoms with Crippen molar-refractivity contribution < 1.29 is 0 Å². The zero-order chi connectivity index (χ0) is 11.5. The number of aryl methyl sites for hydroxylation is 2. The van der Waals surface area contributed by atoms with Gasteiger partial charge in [-0.1, -0.05) is 0 Å². The molecule has 0 fully saturated rings. The fourth-order valence-electron chi connectivity index (χ4n) is 1.65. The summed E-state index contributed by atoms with van der Waals surface area (Å²) in [4.78, 5) is 12.4. The first kappa shape index (κ1) is 14.7. The fourth-order valence-corrected chi connectivity index (χ4v) is 2.58. The monoisotopic (exact) mass is 366 g/mol. The molecule has 4 nitrogen and oxygen atoms in total. The van der Waals surface area contributed by atoms with E-state index in [-0.39, 0.29) is 24.0 Å². The number of nitrogens with one attached hydrogen (secondary N) is 1. The van der Waals surface area contributed by atoms with Gasteiger partial charge >= 0.3 is 0 Å². The molecule has 0 amide bonds. The smallest absolute Gasteiger partial charge is 0.193 e. The van der Waals surface area contributed by atoms with Crippen LogP contribution in [0.5, 0.6) is 0 Å². The Kier molecular flexibility index (Phi) is 5.64. The number of rotatable bonds is 3. The lowest BCUT2D eigenvalue weighted by atomic mass is 10.4. The van der Waals surface area contributed by atoms with E-state index in [2.05, 4.69) is 41.1 Å². The molecule has 1 aliphatic rings. The summed E-state index contributed by atoms with van der Waals surface area (Å²) in [5.41, 5.74) is 1.16. The van der Waals surface area contributed by atoms with Crippen LogP contribution in [0.3, 0.4) is 0 Å². The maximum Gasteiger partial charge on any atom is 0.193 e. The average Bonchev–Trinajstić information content (AvgIpc) is 2.76. The van der Waals surface area contributed by atoms with E-state index in [4.69, 9.17) is 0 Å². The topological polar surface area (TPSA) is 40.5 Å². The zero-order valence-corrected chi connectivity index (χ0v) is 13.6. The highest BCUT2D eigenvalue weighted by Crippen LogP contribution is 2.16. The van der Waals surface area contributed by atoms with Gasteiger partial charge in [-0.25, -0.2) is 4.98 Å². The first-order chi connectivity index (χ1) is 7.66. The first-order valence-corrected chi connectivity index (χ1v) is 6.41. The SMILES string of the molecule is Cc1nc(CCNC2=NCCN2C)sc1C.I. The predicted molar refractivity (Wildman–Crippen MR) is 83.6 cm³/mol. The number of nitrogens with zero attached hydrogens (tertiary/aromatic N) is 3. The van der Waals surface area contributed by atoms with Gasteiger partial charge in [-0.15, -0.1) is 35.3 Å². The van der Waals surface area contributed by atoms with E-state index in [1.54, 1.807) is 11.3 Å². The molecular weight excluding hydrogens is 347 g/mol. The summed E-state index contributed by atoms with van der Waals surface area (Å²) in [5, 5.41) is 4.56.